The summed E-state index contributed by atoms with van der Waals surface area (Å²) in [5.74, 6) is -2.78. The Labute approximate surface area is 184 Å². The molecule has 2 N–H and O–H groups in total. The molecule has 1 aliphatic heterocycles. The van der Waals surface area contributed by atoms with Crippen molar-refractivity contribution in [3.63, 3.8) is 0 Å². The number of carbonyl (C=O) groups is 4. The number of nitrogens with zero attached hydrogens (tertiary/aromatic N) is 1. The number of ether oxygens (including phenoxy) is 1. The van der Waals surface area contributed by atoms with Gasteiger partial charge in [0.15, 0.2) is 6.61 Å². The number of halogens is 1. The number of amides is 3. The molecule has 1 aliphatic rings. The number of rotatable bonds is 7. The first kappa shape index (κ1) is 22.3. The molecule has 0 unspecified atom stereocenters. The molecule has 0 saturated carbocycles. The van der Waals surface area contributed by atoms with Crippen LogP contribution in [0, 0.1) is 5.92 Å². The third-order valence-electron chi connectivity index (χ3n) is 4.82. The molecule has 0 radical (unpaired) electrons. The highest BCUT2D eigenvalue weighted by atomic mass is 35.5. The Morgan fingerprint density at radius 3 is 2.48 bits per heavy atom. The van der Waals surface area contributed by atoms with Crippen molar-refractivity contribution in [1.29, 1.82) is 0 Å². The van der Waals surface area contributed by atoms with Crippen LogP contribution in [0.5, 0.6) is 0 Å². The normalized spacial score (nSPS) is 16.5. The van der Waals surface area contributed by atoms with Crippen LogP contribution in [0.3, 0.4) is 0 Å². The zero-order valence-electron chi connectivity index (χ0n) is 16.8. The van der Waals surface area contributed by atoms with Crippen molar-refractivity contribution in [2.24, 2.45) is 5.92 Å². The van der Waals surface area contributed by atoms with Crippen molar-refractivity contribution in [2.75, 3.05) is 13.2 Å². The van der Waals surface area contributed by atoms with Crippen molar-refractivity contribution in [2.45, 2.75) is 19.4 Å². The molecule has 0 bridgehead atoms. The molecule has 2 aromatic rings. The van der Waals surface area contributed by atoms with Crippen molar-refractivity contribution < 1.29 is 23.9 Å². The minimum atomic E-state index is -0.766. The van der Waals surface area contributed by atoms with Crippen molar-refractivity contribution in [3.8, 4) is 0 Å². The Morgan fingerprint density at radius 2 is 1.81 bits per heavy atom. The topological polar surface area (TPSA) is 105 Å². The average Bonchev–Trinajstić information content (AvgIpc) is 3.13. The lowest BCUT2D eigenvalue weighted by Gasteiger charge is -2.18. The molecule has 0 spiro atoms. The molecule has 1 saturated heterocycles. The van der Waals surface area contributed by atoms with Gasteiger partial charge in [0.1, 0.15) is 0 Å². The Kier molecular flexibility index (Phi) is 7.25. The van der Waals surface area contributed by atoms with E-state index in [1.807, 2.05) is 37.3 Å². The molecule has 162 valence electrons. The smallest absolute Gasteiger partial charge is 0.311 e. The minimum Gasteiger partial charge on any atom is -0.455 e. The number of carbonyl (C=O) groups excluding carboxylic acids is 4. The minimum absolute atomic E-state index is 0.0287. The fourth-order valence-electron chi connectivity index (χ4n) is 3.12. The summed E-state index contributed by atoms with van der Waals surface area (Å²) in [6.07, 6.45) is -0.109. The van der Waals surface area contributed by atoms with Crippen molar-refractivity contribution in [1.82, 2.24) is 15.8 Å². The summed E-state index contributed by atoms with van der Waals surface area (Å²) in [5, 5.41) is 4.32. The summed E-state index contributed by atoms with van der Waals surface area (Å²) in [4.78, 5) is 48.8. The second-order valence-corrected chi connectivity index (χ2v) is 7.60. The maximum absolute atomic E-state index is 12.3. The number of hydrogen-bond donors (Lipinski definition) is 2. The van der Waals surface area contributed by atoms with E-state index in [1.165, 1.54) is 12.1 Å². The summed E-state index contributed by atoms with van der Waals surface area (Å²) in [7, 11) is 0. The molecule has 1 fully saturated rings. The number of hydrogen-bond acceptors (Lipinski definition) is 5. The van der Waals surface area contributed by atoms with E-state index in [-0.39, 0.29) is 19.0 Å². The lowest BCUT2D eigenvalue weighted by molar-refractivity contribution is -0.152. The van der Waals surface area contributed by atoms with Crippen LogP contribution in [0.1, 0.15) is 35.3 Å². The number of hydrazine groups is 1. The van der Waals surface area contributed by atoms with Gasteiger partial charge in [0, 0.05) is 17.0 Å². The summed E-state index contributed by atoms with van der Waals surface area (Å²) >= 11 is 5.80. The average molecular weight is 444 g/mol. The van der Waals surface area contributed by atoms with E-state index in [1.54, 1.807) is 12.1 Å². The molecular weight excluding hydrogens is 422 g/mol. The van der Waals surface area contributed by atoms with Gasteiger partial charge in [-0.25, -0.2) is 0 Å². The number of esters is 1. The Balaban J connectivity index is 1.45. The molecule has 1 heterocycles. The van der Waals surface area contributed by atoms with Crippen LogP contribution in [0.4, 0.5) is 0 Å². The highest BCUT2D eigenvalue weighted by Gasteiger charge is 2.36. The van der Waals surface area contributed by atoms with E-state index in [9.17, 15) is 19.2 Å². The van der Waals surface area contributed by atoms with Gasteiger partial charge in [-0.15, -0.1) is 0 Å². The van der Waals surface area contributed by atoms with Gasteiger partial charge < -0.3 is 10.1 Å². The van der Waals surface area contributed by atoms with Crippen molar-refractivity contribution in [3.05, 3.63) is 70.7 Å². The first-order valence-electron chi connectivity index (χ1n) is 9.71. The van der Waals surface area contributed by atoms with Gasteiger partial charge >= 0.3 is 5.97 Å². The fourth-order valence-corrected chi connectivity index (χ4v) is 3.25. The predicted octanol–water partition coefficient (Wildman–Crippen LogP) is 2.25. The van der Waals surface area contributed by atoms with Crippen LogP contribution in [-0.4, -0.2) is 41.9 Å². The monoisotopic (exact) mass is 443 g/mol. The van der Waals surface area contributed by atoms with Crippen LogP contribution >= 0.6 is 11.6 Å². The SMILES string of the molecule is C[C@H](NC(=O)COC(=O)[C@H]1CC(=O)N(NC(=O)c2ccc(Cl)cc2)C1)c1ccccc1. The lowest BCUT2D eigenvalue weighted by Crippen LogP contribution is -2.43. The van der Waals surface area contributed by atoms with Gasteiger partial charge in [-0.2, -0.15) is 0 Å². The van der Waals surface area contributed by atoms with Gasteiger partial charge in [0.2, 0.25) is 5.91 Å². The van der Waals surface area contributed by atoms with Crippen LogP contribution in [0.2, 0.25) is 5.02 Å². The quantitative estimate of drug-likeness (QED) is 0.638. The van der Waals surface area contributed by atoms with Gasteiger partial charge in [-0.05, 0) is 36.8 Å². The summed E-state index contributed by atoms with van der Waals surface area (Å²) in [6, 6.07) is 15.3. The van der Waals surface area contributed by atoms with E-state index in [2.05, 4.69) is 10.7 Å². The molecule has 9 heteroatoms. The molecule has 3 rings (SSSR count). The molecule has 0 aliphatic carbocycles. The largest absolute Gasteiger partial charge is 0.455 e. The molecule has 0 aromatic heterocycles. The van der Waals surface area contributed by atoms with E-state index in [0.29, 0.717) is 10.6 Å². The highest BCUT2D eigenvalue weighted by Crippen LogP contribution is 2.18. The van der Waals surface area contributed by atoms with E-state index in [4.69, 9.17) is 16.3 Å². The Morgan fingerprint density at radius 1 is 1.13 bits per heavy atom. The second-order valence-electron chi connectivity index (χ2n) is 7.16. The molecule has 2 aromatic carbocycles. The highest BCUT2D eigenvalue weighted by molar-refractivity contribution is 6.30. The van der Waals surface area contributed by atoms with Crippen LogP contribution in [0.25, 0.3) is 0 Å². The van der Waals surface area contributed by atoms with Gasteiger partial charge in [-0.1, -0.05) is 41.9 Å². The maximum atomic E-state index is 12.3. The van der Waals surface area contributed by atoms with E-state index in [0.717, 1.165) is 10.6 Å². The Hall–Kier alpha value is -3.39. The van der Waals surface area contributed by atoms with E-state index < -0.39 is 36.2 Å². The van der Waals surface area contributed by atoms with Crippen LogP contribution in [0.15, 0.2) is 54.6 Å². The van der Waals surface area contributed by atoms with Crippen molar-refractivity contribution >= 4 is 35.3 Å². The first-order valence-corrected chi connectivity index (χ1v) is 10.1. The van der Waals surface area contributed by atoms with Crippen LogP contribution < -0.4 is 10.7 Å². The zero-order chi connectivity index (χ0) is 22.4. The predicted molar refractivity (Wildman–Crippen MR) is 113 cm³/mol. The fraction of sp³-hybridized carbons (Fsp3) is 0.273. The molecule has 31 heavy (non-hydrogen) atoms. The van der Waals surface area contributed by atoms with E-state index >= 15 is 0 Å². The summed E-state index contributed by atoms with van der Waals surface area (Å²) in [6.45, 7) is 1.35. The third kappa shape index (κ3) is 6.05. The number of benzene rings is 2. The summed E-state index contributed by atoms with van der Waals surface area (Å²) in [5.41, 5.74) is 3.73. The standard InChI is InChI=1S/C22H22ClN3O5/c1-14(15-5-3-2-4-6-15)24-19(27)13-31-22(30)17-11-20(28)26(12-17)25-21(29)16-7-9-18(23)10-8-16/h2-10,14,17H,11-13H2,1H3,(H,24,27)(H,25,29)/t14-,17-/m0/s1. The lowest BCUT2D eigenvalue weighted by atomic mass is 10.1. The Bertz CT molecular complexity index is 965. The molecule has 8 nitrogen and oxygen atoms in total. The van der Waals surface area contributed by atoms with Crippen LogP contribution in [-0.2, 0) is 19.1 Å². The maximum Gasteiger partial charge on any atom is 0.311 e. The molecular formula is C22H22ClN3O5. The first-order chi connectivity index (χ1) is 14.8. The van der Waals surface area contributed by atoms with Gasteiger partial charge in [0.05, 0.1) is 18.5 Å². The molecule has 2 atom stereocenters. The second kappa shape index (κ2) is 10.1. The number of nitrogens with one attached hydrogen (secondary N) is 2. The summed E-state index contributed by atoms with van der Waals surface area (Å²) < 4.78 is 5.07. The van der Waals surface area contributed by atoms with Gasteiger partial charge in [-0.3, -0.25) is 29.6 Å². The molecule has 3 amide bonds. The third-order valence-corrected chi connectivity index (χ3v) is 5.08. The zero-order valence-corrected chi connectivity index (χ0v) is 17.6. The van der Waals surface area contributed by atoms with Gasteiger partial charge in [0.25, 0.3) is 11.8 Å².